The summed E-state index contributed by atoms with van der Waals surface area (Å²) in [5.74, 6) is 0.705. The van der Waals surface area contributed by atoms with Crippen LogP contribution >= 0.6 is 12.2 Å². The number of aromatic nitrogens is 3. The number of methoxy groups -OCH3 is 2. The van der Waals surface area contributed by atoms with Crippen LogP contribution in [0.2, 0.25) is 0 Å². The number of halogens is 1. The Morgan fingerprint density at radius 1 is 1.22 bits per heavy atom. The lowest BCUT2D eigenvalue weighted by atomic mass is 10.1. The summed E-state index contributed by atoms with van der Waals surface area (Å²) in [6.07, 6.45) is 1.97. The molecule has 0 saturated carbocycles. The van der Waals surface area contributed by atoms with Crippen LogP contribution in [0.15, 0.2) is 41.5 Å². The van der Waals surface area contributed by atoms with Gasteiger partial charge in [-0.25, -0.2) is 4.39 Å². The van der Waals surface area contributed by atoms with Crippen LogP contribution in [0.25, 0.3) is 0 Å². The van der Waals surface area contributed by atoms with Gasteiger partial charge in [0.25, 0.3) is 0 Å². The van der Waals surface area contributed by atoms with E-state index in [4.69, 9.17) is 21.7 Å². The molecule has 7 nitrogen and oxygen atoms in total. The molecule has 0 aliphatic heterocycles. The zero-order valence-corrected chi connectivity index (χ0v) is 15.5. The molecule has 0 radical (unpaired) electrons. The first kappa shape index (κ1) is 18.6. The van der Waals surface area contributed by atoms with Crippen LogP contribution in [-0.2, 0) is 6.42 Å². The van der Waals surface area contributed by atoms with E-state index in [9.17, 15) is 9.50 Å². The summed E-state index contributed by atoms with van der Waals surface area (Å²) in [5.41, 5.74) is 1.51. The number of nitrogens with zero attached hydrogens (tertiary/aromatic N) is 3. The normalized spacial score (nSPS) is 11.1. The third kappa shape index (κ3) is 4.14. The largest absolute Gasteiger partial charge is 0.502 e. The highest BCUT2D eigenvalue weighted by atomic mass is 32.1. The van der Waals surface area contributed by atoms with Crippen molar-refractivity contribution >= 4 is 18.4 Å². The molecule has 0 amide bonds. The second kappa shape index (κ2) is 8.00. The van der Waals surface area contributed by atoms with E-state index in [0.717, 1.165) is 5.56 Å². The first-order valence-electron chi connectivity index (χ1n) is 7.92. The van der Waals surface area contributed by atoms with Crippen LogP contribution in [0, 0.1) is 10.6 Å². The minimum atomic E-state index is -0.300. The van der Waals surface area contributed by atoms with E-state index in [-0.39, 0.29) is 23.1 Å². The monoisotopic (exact) mass is 388 g/mol. The number of aromatic amines is 1. The summed E-state index contributed by atoms with van der Waals surface area (Å²) in [6.45, 7) is 0. The molecule has 0 aliphatic rings. The van der Waals surface area contributed by atoms with Gasteiger partial charge in [-0.15, -0.1) is 0 Å². The van der Waals surface area contributed by atoms with Gasteiger partial charge in [0.2, 0.25) is 10.5 Å². The Kier molecular flexibility index (Phi) is 5.51. The van der Waals surface area contributed by atoms with Crippen molar-refractivity contribution in [2.24, 2.45) is 5.10 Å². The molecule has 1 aromatic heterocycles. The van der Waals surface area contributed by atoms with Crippen LogP contribution in [-0.4, -0.2) is 40.4 Å². The van der Waals surface area contributed by atoms with Gasteiger partial charge in [-0.05, 0) is 42.0 Å². The maximum Gasteiger partial charge on any atom is 0.216 e. The predicted octanol–water partition coefficient (Wildman–Crippen LogP) is 3.28. The Balaban J connectivity index is 1.91. The van der Waals surface area contributed by atoms with Crippen molar-refractivity contribution in [1.82, 2.24) is 14.9 Å². The van der Waals surface area contributed by atoms with Gasteiger partial charge in [0.15, 0.2) is 17.3 Å². The van der Waals surface area contributed by atoms with E-state index in [1.54, 1.807) is 30.5 Å². The second-order valence-electron chi connectivity index (χ2n) is 5.58. The molecule has 3 rings (SSSR count). The summed E-state index contributed by atoms with van der Waals surface area (Å²) in [6, 6.07) is 9.36. The van der Waals surface area contributed by atoms with Gasteiger partial charge < -0.3 is 14.6 Å². The van der Waals surface area contributed by atoms with Crippen molar-refractivity contribution in [3.63, 3.8) is 0 Å². The third-order valence-corrected chi connectivity index (χ3v) is 4.08. The number of phenols is 1. The molecule has 0 bridgehead atoms. The van der Waals surface area contributed by atoms with Gasteiger partial charge in [-0.3, -0.25) is 5.10 Å². The number of benzene rings is 2. The molecule has 9 heteroatoms. The molecular weight excluding hydrogens is 371 g/mol. The van der Waals surface area contributed by atoms with E-state index in [0.29, 0.717) is 22.6 Å². The van der Waals surface area contributed by atoms with Crippen LogP contribution in [0.4, 0.5) is 4.39 Å². The summed E-state index contributed by atoms with van der Waals surface area (Å²) < 4.78 is 25.1. The quantitative estimate of drug-likeness (QED) is 0.500. The number of phenolic OH excluding ortho intramolecular Hbond substituents is 1. The summed E-state index contributed by atoms with van der Waals surface area (Å²) in [5, 5.41) is 21.2. The SMILES string of the molecule is COc1cc(/C=N\n2c(Cc3ccc(F)cc3)n[nH]c2=S)cc(OC)c1O. The molecule has 1 heterocycles. The number of aromatic hydroxyl groups is 1. The average Bonchev–Trinajstić information content (AvgIpc) is 3.02. The number of hydrogen-bond donors (Lipinski definition) is 2. The molecule has 2 aromatic carbocycles. The van der Waals surface area contributed by atoms with E-state index in [1.165, 1.54) is 31.0 Å². The van der Waals surface area contributed by atoms with E-state index in [2.05, 4.69) is 15.3 Å². The van der Waals surface area contributed by atoms with Crippen LogP contribution < -0.4 is 9.47 Å². The standard InChI is InChI=1S/C18H17FN4O3S/c1-25-14-7-12(8-15(26-2)17(14)24)10-20-23-16(21-22-18(23)27)9-11-3-5-13(19)6-4-11/h3-8,10,24H,9H2,1-2H3,(H,22,27)/b20-10-. The fourth-order valence-electron chi connectivity index (χ4n) is 2.46. The Bertz CT molecular complexity index is 1000. The van der Waals surface area contributed by atoms with Gasteiger partial charge in [0.1, 0.15) is 5.82 Å². The minimum absolute atomic E-state index is 0.0888. The van der Waals surface area contributed by atoms with Crippen molar-refractivity contribution < 1.29 is 19.0 Å². The third-order valence-electron chi connectivity index (χ3n) is 3.82. The summed E-state index contributed by atoms with van der Waals surface area (Å²) in [4.78, 5) is 0. The van der Waals surface area contributed by atoms with Crippen molar-refractivity contribution in [1.29, 1.82) is 0 Å². The predicted molar refractivity (Wildman–Crippen MR) is 101 cm³/mol. The van der Waals surface area contributed by atoms with Gasteiger partial charge in [0, 0.05) is 12.0 Å². The highest BCUT2D eigenvalue weighted by Gasteiger charge is 2.11. The molecule has 140 valence electrons. The molecule has 3 aromatic rings. The van der Waals surface area contributed by atoms with Crippen molar-refractivity contribution in [3.05, 3.63) is 63.9 Å². The molecular formula is C18H17FN4O3S. The van der Waals surface area contributed by atoms with Crippen LogP contribution in [0.3, 0.4) is 0 Å². The number of rotatable bonds is 6. The van der Waals surface area contributed by atoms with Gasteiger partial charge in [-0.1, -0.05) is 12.1 Å². The number of hydrogen-bond acceptors (Lipinski definition) is 6. The number of H-pyrrole nitrogens is 1. The smallest absolute Gasteiger partial charge is 0.216 e. The first-order valence-corrected chi connectivity index (χ1v) is 8.32. The highest BCUT2D eigenvalue weighted by molar-refractivity contribution is 7.71. The average molecular weight is 388 g/mol. The van der Waals surface area contributed by atoms with Crippen LogP contribution in [0.1, 0.15) is 17.0 Å². The summed E-state index contributed by atoms with van der Waals surface area (Å²) >= 11 is 5.23. The zero-order valence-electron chi connectivity index (χ0n) is 14.6. The van der Waals surface area contributed by atoms with Crippen molar-refractivity contribution in [2.75, 3.05) is 14.2 Å². The number of ether oxygens (including phenoxy) is 2. The zero-order chi connectivity index (χ0) is 19.4. The fraction of sp³-hybridized carbons (Fsp3) is 0.167. The molecule has 0 atom stereocenters. The lowest BCUT2D eigenvalue weighted by Gasteiger charge is -2.09. The Morgan fingerprint density at radius 3 is 2.44 bits per heavy atom. The topological polar surface area (TPSA) is 84.7 Å². The molecule has 0 saturated heterocycles. The summed E-state index contributed by atoms with van der Waals surface area (Å²) in [7, 11) is 2.89. The van der Waals surface area contributed by atoms with E-state index in [1.807, 2.05) is 0 Å². The Hall–Kier alpha value is -3.20. The molecule has 2 N–H and O–H groups in total. The van der Waals surface area contributed by atoms with Gasteiger partial charge >= 0.3 is 0 Å². The lowest BCUT2D eigenvalue weighted by molar-refractivity contribution is 0.340. The van der Waals surface area contributed by atoms with Crippen molar-refractivity contribution in [2.45, 2.75) is 6.42 Å². The maximum absolute atomic E-state index is 13.1. The molecule has 0 aliphatic carbocycles. The first-order chi connectivity index (χ1) is 13.0. The van der Waals surface area contributed by atoms with Crippen molar-refractivity contribution in [3.8, 4) is 17.2 Å². The Labute approximate surface area is 159 Å². The second-order valence-corrected chi connectivity index (χ2v) is 5.97. The minimum Gasteiger partial charge on any atom is -0.502 e. The fourth-order valence-corrected chi connectivity index (χ4v) is 2.65. The lowest BCUT2D eigenvalue weighted by Crippen LogP contribution is -2.01. The highest BCUT2D eigenvalue weighted by Crippen LogP contribution is 2.36. The van der Waals surface area contributed by atoms with Gasteiger partial charge in [-0.2, -0.15) is 14.9 Å². The van der Waals surface area contributed by atoms with E-state index < -0.39 is 0 Å². The van der Waals surface area contributed by atoms with Gasteiger partial charge in [0.05, 0.1) is 20.4 Å². The van der Waals surface area contributed by atoms with E-state index >= 15 is 0 Å². The molecule has 27 heavy (non-hydrogen) atoms. The molecule has 0 unspecified atom stereocenters. The van der Waals surface area contributed by atoms with Crippen LogP contribution in [0.5, 0.6) is 17.2 Å². The Morgan fingerprint density at radius 2 is 1.85 bits per heavy atom. The number of nitrogens with one attached hydrogen (secondary N) is 1. The molecule has 0 spiro atoms. The maximum atomic E-state index is 13.1. The molecule has 0 fully saturated rings.